The van der Waals surface area contributed by atoms with E-state index in [-0.39, 0.29) is 22.8 Å². The van der Waals surface area contributed by atoms with E-state index in [1.807, 2.05) is 37.3 Å². The van der Waals surface area contributed by atoms with Gasteiger partial charge in [0, 0.05) is 24.9 Å². The summed E-state index contributed by atoms with van der Waals surface area (Å²) >= 11 is 1.20. The predicted octanol–water partition coefficient (Wildman–Crippen LogP) is 2.17. The lowest BCUT2D eigenvalue weighted by atomic mass is 10.3. The first-order valence-corrected chi connectivity index (χ1v) is 10.2. The molecule has 1 unspecified atom stereocenters. The van der Waals surface area contributed by atoms with Crippen LogP contribution in [0.25, 0.3) is 0 Å². The number of nitrogens with one attached hydrogen (secondary N) is 2. The molecule has 0 aliphatic heterocycles. The van der Waals surface area contributed by atoms with Crippen molar-refractivity contribution in [2.45, 2.75) is 30.6 Å². The number of carbonyl (C=O) groups excluding carboxylic acids is 1. The van der Waals surface area contributed by atoms with Gasteiger partial charge in [0.25, 0.3) is 0 Å². The van der Waals surface area contributed by atoms with Crippen molar-refractivity contribution in [1.29, 1.82) is 0 Å². The second-order valence-corrected chi connectivity index (χ2v) is 8.71. The van der Waals surface area contributed by atoms with Crippen molar-refractivity contribution in [2.75, 3.05) is 13.1 Å². The molecule has 2 rings (SSSR count). The minimum Gasteiger partial charge on any atom is -0.489 e. The third kappa shape index (κ3) is 6.49. The Bertz CT molecular complexity index is 788. The van der Waals surface area contributed by atoms with Gasteiger partial charge in [0.1, 0.15) is 16.1 Å². The lowest BCUT2D eigenvalue weighted by Gasteiger charge is -2.15. The summed E-state index contributed by atoms with van der Waals surface area (Å²) in [4.78, 5) is 11.8. The van der Waals surface area contributed by atoms with Crippen molar-refractivity contribution in [3.8, 4) is 5.75 Å². The zero-order chi connectivity index (χ0) is 18.3. The quantitative estimate of drug-likeness (QED) is 0.696. The SMILES string of the molecule is CC(=O)NCCc1ccc(S(=O)(=O)NCC(C)Oc2ccccc2)s1. The van der Waals surface area contributed by atoms with Gasteiger partial charge in [-0.15, -0.1) is 11.3 Å². The molecule has 1 aromatic carbocycles. The summed E-state index contributed by atoms with van der Waals surface area (Å²) in [6.07, 6.45) is 0.309. The Morgan fingerprint density at radius 1 is 1.20 bits per heavy atom. The first-order chi connectivity index (χ1) is 11.9. The van der Waals surface area contributed by atoms with Gasteiger partial charge in [-0.3, -0.25) is 4.79 Å². The Kier molecular flexibility index (Phi) is 6.98. The fourth-order valence-corrected chi connectivity index (χ4v) is 4.58. The van der Waals surface area contributed by atoms with Crippen molar-refractivity contribution < 1.29 is 17.9 Å². The number of benzene rings is 1. The number of hydrogen-bond donors (Lipinski definition) is 2. The van der Waals surface area contributed by atoms with Crippen molar-refractivity contribution in [1.82, 2.24) is 10.0 Å². The first kappa shape index (κ1) is 19.4. The lowest BCUT2D eigenvalue weighted by Crippen LogP contribution is -2.33. The second-order valence-electron chi connectivity index (χ2n) is 5.55. The Morgan fingerprint density at radius 3 is 2.60 bits per heavy atom. The van der Waals surface area contributed by atoms with Crippen LogP contribution in [0.5, 0.6) is 5.75 Å². The van der Waals surface area contributed by atoms with Gasteiger partial charge < -0.3 is 10.1 Å². The van der Waals surface area contributed by atoms with E-state index in [0.717, 1.165) is 4.88 Å². The summed E-state index contributed by atoms with van der Waals surface area (Å²) in [5.41, 5.74) is 0. The molecule has 1 heterocycles. The van der Waals surface area contributed by atoms with Gasteiger partial charge in [-0.25, -0.2) is 13.1 Å². The van der Waals surface area contributed by atoms with Crippen LogP contribution < -0.4 is 14.8 Å². The molecular formula is C17H22N2O4S2. The van der Waals surface area contributed by atoms with Gasteiger partial charge in [0.2, 0.25) is 15.9 Å². The molecule has 1 aromatic heterocycles. The molecule has 0 bridgehead atoms. The van der Waals surface area contributed by atoms with Gasteiger partial charge in [-0.2, -0.15) is 0 Å². The number of carbonyl (C=O) groups is 1. The minimum atomic E-state index is -3.57. The Balaban J connectivity index is 1.86. The number of thiophene rings is 1. The zero-order valence-electron chi connectivity index (χ0n) is 14.2. The van der Waals surface area contributed by atoms with Gasteiger partial charge in [0.15, 0.2) is 0 Å². The molecule has 0 aliphatic carbocycles. The lowest BCUT2D eigenvalue weighted by molar-refractivity contribution is -0.118. The van der Waals surface area contributed by atoms with E-state index < -0.39 is 10.0 Å². The fourth-order valence-electron chi connectivity index (χ4n) is 2.07. The summed E-state index contributed by atoms with van der Waals surface area (Å²) in [6, 6.07) is 12.6. The molecule has 0 aliphatic rings. The average molecular weight is 383 g/mol. The van der Waals surface area contributed by atoms with Crippen LogP contribution in [0.3, 0.4) is 0 Å². The van der Waals surface area contributed by atoms with Gasteiger partial charge in [-0.1, -0.05) is 18.2 Å². The van der Waals surface area contributed by atoms with Crippen molar-refractivity contribution in [3.05, 3.63) is 47.3 Å². The van der Waals surface area contributed by atoms with Crippen LogP contribution in [0.2, 0.25) is 0 Å². The number of hydrogen-bond acceptors (Lipinski definition) is 5. The molecule has 0 spiro atoms. The Labute approximate surface area is 152 Å². The fraction of sp³-hybridized carbons (Fsp3) is 0.353. The molecule has 0 radical (unpaired) electrons. The molecule has 136 valence electrons. The summed E-state index contributed by atoms with van der Waals surface area (Å²) in [5, 5.41) is 2.69. The van der Waals surface area contributed by atoms with Crippen molar-refractivity contribution in [2.24, 2.45) is 0 Å². The second kappa shape index (κ2) is 8.98. The number of rotatable bonds is 9. The summed E-state index contributed by atoms with van der Waals surface area (Å²) in [6.45, 7) is 3.93. The maximum Gasteiger partial charge on any atom is 0.250 e. The number of amides is 1. The molecule has 2 N–H and O–H groups in total. The molecule has 1 atom stereocenters. The topological polar surface area (TPSA) is 84.5 Å². The molecule has 0 saturated carbocycles. The number of para-hydroxylation sites is 1. The van der Waals surface area contributed by atoms with Crippen LogP contribution in [0.4, 0.5) is 0 Å². The van der Waals surface area contributed by atoms with E-state index in [1.165, 1.54) is 18.3 Å². The number of sulfonamides is 1. The van der Waals surface area contributed by atoms with E-state index in [2.05, 4.69) is 10.0 Å². The van der Waals surface area contributed by atoms with Crippen LogP contribution in [0.1, 0.15) is 18.7 Å². The zero-order valence-corrected chi connectivity index (χ0v) is 15.8. The van der Waals surface area contributed by atoms with Crippen molar-refractivity contribution in [3.63, 3.8) is 0 Å². The maximum atomic E-state index is 12.4. The van der Waals surface area contributed by atoms with E-state index in [1.54, 1.807) is 12.1 Å². The molecule has 25 heavy (non-hydrogen) atoms. The molecule has 2 aromatic rings. The average Bonchev–Trinajstić information content (AvgIpc) is 3.03. The third-order valence-corrected chi connectivity index (χ3v) is 6.35. The summed E-state index contributed by atoms with van der Waals surface area (Å²) in [5.74, 6) is 0.601. The van der Waals surface area contributed by atoms with E-state index in [9.17, 15) is 13.2 Å². The highest BCUT2D eigenvalue weighted by Crippen LogP contribution is 2.21. The summed E-state index contributed by atoms with van der Waals surface area (Å²) in [7, 11) is -3.57. The van der Waals surface area contributed by atoms with Crippen LogP contribution in [0.15, 0.2) is 46.7 Å². The monoisotopic (exact) mass is 382 g/mol. The third-order valence-electron chi connectivity index (χ3n) is 3.29. The number of ether oxygens (including phenoxy) is 1. The van der Waals surface area contributed by atoms with E-state index in [0.29, 0.717) is 18.7 Å². The van der Waals surface area contributed by atoms with Crippen LogP contribution in [-0.4, -0.2) is 33.5 Å². The molecule has 6 nitrogen and oxygen atoms in total. The maximum absolute atomic E-state index is 12.4. The van der Waals surface area contributed by atoms with E-state index in [4.69, 9.17) is 4.74 Å². The van der Waals surface area contributed by atoms with Gasteiger partial charge in [0.05, 0.1) is 0 Å². The molecule has 0 saturated heterocycles. The normalized spacial score (nSPS) is 12.6. The van der Waals surface area contributed by atoms with Crippen LogP contribution in [-0.2, 0) is 21.2 Å². The van der Waals surface area contributed by atoms with Crippen molar-refractivity contribution >= 4 is 27.3 Å². The molecule has 8 heteroatoms. The smallest absolute Gasteiger partial charge is 0.250 e. The highest BCUT2D eigenvalue weighted by Gasteiger charge is 2.18. The Hall–Kier alpha value is -1.90. The van der Waals surface area contributed by atoms with E-state index >= 15 is 0 Å². The molecular weight excluding hydrogens is 360 g/mol. The van der Waals surface area contributed by atoms with Gasteiger partial charge >= 0.3 is 0 Å². The largest absolute Gasteiger partial charge is 0.489 e. The first-order valence-electron chi connectivity index (χ1n) is 7.91. The predicted molar refractivity (Wildman–Crippen MR) is 98.4 cm³/mol. The van der Waals surface area contributed by atoms with Crippen LogP contribution >= 0.6 is 11.3 Å². The highest BCUT2D eigenvalue weighted by molar-refractivity contribution is 7.91. The molecule has 0 fully saturated rings. The standard InChI is InChI=1S/C17H22N2O4S2/c1-13(23-15-6-4-3-5-7-15)12-19-25(21,22)17-9-8-16(24-17)10-11-18-14(2)20/h3-9,13,19H,10-12H2,1-2H3,(H,18,20). The van der Waals surface area contributed by atoms with Crippen LogP contribution in [0, 0.1) is 0 Å². The van der Waals surface area contributed by atoms with Gasteiger partial charge in [-0.05, 0) is 37.6 Å². The highest BCUT2D eigenvalue weighted by atomic mass is 32.2. The minimum absolute atomic E-state index is 0.0986. The summed E-state index contributed by atoms with van der Waals surface area (Å²) < 4.78 is 33.2. The molecule has 1 amide bonds. The Morgan fingerprint density at radius 2 is 1.92 bits per heavy atom.